The van der Waals surface area contributed by atoms with Crippen LogP contribution in [0.2, 0.25) is 0 Å². The SMILES string of the molecule is CCCCC(=O)N(Cc1ccc(-c2ccccc2-c2nnn[nH]2)cc1)[C@H](C(=O)O)C(C)C.[NaH].[NaH]. The fourth-order valence-electron chi connectivity index (χ4n) is 3.79. The number of H-pyrrole nitrogens is 1. The molecule has 0 unspecified atom stereocenters. The Hall–Kier alpha value is -1.55. The van der Waals surface area contributed by atoms with Crippen molar-refractivity contribution in [3.8, 4) is 22.5 Å². The summed E-state index contributed by atoms with van der Waals surface area (Å²) in [7, 11) is 0. The quantitative estimate of drug-likeness (QED) is 0.429. The molecular formula is C24H31N5Na2O3. The van der Waals surface area contributed by atoms with Gasteiger partial charge in [-0.15, -0.1) is 5.10 Å². The zero-order chi connectivity index (χ0) is 23.1. The number of carbonyl (C=O) groups excluding carboxylic acids is 1. The average Bonchev–Trinajstić information content (AvgIpc) is 3.32. The molecule has 10 heteroatoms. The van der Waals surface area contributed by atoms with Crippen molar-refractivity contribution in [1.29, 1.82) is 0 Å². The second kappa shape index (κ2) is 14.8. The van der Waals surface area contributed by atoms with Gasteiger partial charge in [-0.2, -0.15) is 0 Å². The summed E-state index contributed by atoms with van der Waals surface area (Å²) in [5.41, 5.74) is 3.71. The van der Waals surface area contributed by atoms with Gasteiger partial charge in [0, 0.05) is 18.5 Å². The van der Waals surface area contributed by atoms with E-state index in [0.29, 0.717) is 12.2 Å². The first kappa shape index (κ1) is 30.5. The average molecular weight is 484 g/mol. The van der Waals surface area contributed by atoms with Gasteiger partial charge in [0.1, 0.15) is 6.04 Å². The van der Waals surface area contributed by atoms with Crippen LogP contribution in [-0.4, -0.2) is 108 Å². The van der Waals surface area contributed by atoms with Crippen LogP contribution in [0.1, 0.15) is 45.6 Å². The Balaban J connectivity index is 0.00000289. The molecule has 0 aliphatic carbocycles. The monoisotopic (exact) mass is 483 g/mol. The van der Waals surface area contributed by atoms with Gasteiger partial charge in [-0.05, 0) is 39.5 Å². The molecule has 172 valence electrons. The first-order valence-electron chi connectivity index (χ1n) is 10.9. The summed E-state index contributed by atoms with van der Waals surface area (Å²) in [6, 6.07) is 14.8. The van der Waals surface area contributed by atoms with Crippen molar-refractivity contribution >= 4 is 71.0 Å². The fraction of sp³-hybridized carbons (Fsp3) is 0.375. The molecule has 1 heterocycles. The summed E-state index contributed by atoms with van der Waals surface area (Å²) < 4.78 is 0. The fourth-order valence-corrected chi connectivity index (χ4v) is 3.79. The molecule has 0 aliphatic rings. The number of hydrogen-bond acceptors (Lipinski definition) is 5. The number of tetrazole rings is 1. The molecular weight excluding hydrogens is 452 g/mol. The Morgan fingerprint density at radius 3 is 2.21 bits per heavy atom. The number of nitrogens with zero attached hydrogens (tertiary/aromatic N) is 4. The summed E-state index contributed by atoms with van der Waals surface area (Å²) in [5.74, 6) is -0.713. The van der Waals surface area contributed by atoms with Crippen LogP contribution in [0.5, 0.6) is 0 Å². The number of benzene rings is 2. The molecule has 2 N–H and O–H groups in total. The minimum atomic E-state index is -0.976. The Morgan fingerprint density at radius 2 is 1.68 bits per heavy atom. The van der Waals surface area contributed by atoms with E-state index in [1.165, 1.54) is 4.90 Å². The third-order valence-electron chi connectivity index (χ3n) is 5.43. The van der Waals surface area contributed by atoms with E-state index in [9.17, 15) is 14.7 Å². The van der Waals surface area contributed by atoms with Crippen LogP contribution >= 0.6 is 0 Å². The number of aromatic nitrogens is 4. The molecule has 34 heavy (non-hydrogen) atoms. The maximum atomic E-state index is 12.9. The number of rotatable bonds is 10. The van der Waals surface area contributed by atoms with Gasteiger partial charge in [0.2, 0.25) is 5.91 Å². The molecule has 0 saturated heterocycles. The molecule has 0 aliphatic heterocycles. The van der Waals surface area contributed by atoms with Gasteiger partial charge in [-0.25, -0.2) is 9.89 Å². The van der Waals surface area contributed by atoms with E-state index in [1.54, 1.807) is 0 Å². The van der Waals surface area contributed by atoms with Gasteiger partial charge in [0.05, 0.1) is 0 Å². The molecule has 1 amide bonds. The molecule has 2 aromatic carbocycles. The van der Waals surface area contributed by atoms with E-state index >= 15 is 0 Å². The predicted molar refractivity (Wildman–Crippen MR) is 136 cm³/mol. The number of carboxylic acids is 1. The van der Waals surface area contributed by atoms with Gasteiger partial charge < -0.3 is 10.0 Å². The molecule has 0 bridgehead atoms. The third-order valence-corrected chi connectivity index (χ3v) is 5.43. The molecule has 1 atom stereocenters. The van der Waals surface area contributed by atoms with Crippen LogP contribution in [0.25, 0.3) is 22.5 Å². The van der Waals surface area contributed by atoms with Crippen molar-refractivity contribution in [2.45, 2.75) is 52.6 Å². The molecule has 0 spiro atoms. The summed E-state index contributed by atoms with van der Waals surface area (Å²) in [6.07, 6.45) is 1.98. The minimum absolute atomic E-state index is 0. The van der Waals surface area contributed by atoms with E-state index in [4.69, 9.17) is 0 Å². The van der Waals surface area contributed by atoms with Crippen LogP contribution in [0.4, 0.5) is 0 Å². The predicted octanol–water partition coefficient (Wildman–Crippen LogP) is 2.86. The zero-order valence-corrected chi connectivity index (χ0v) is 18.7. The standard InChI is InChI=1S/C24H29N5O3.2Na.2H/c1-4-5-10-21(30)29(22(16(2)3)24(31)32)15-17-11-13-18(14-12-17)19-8-6-7-9-20(19)23-25-27-28-26-23;;;;/h6-9,11-14,16,22H,4-5,10,15H2,1-3H3,(H,31,32)(H,25,26,27,28);;;;/t22-;;;;/m0..../s1. The Labute approximate surface area is 244 Å². The first-order chi connectivity index (χ1) is 15.4. The van der Waals surface area contributed by atoms with Crippen molar-refractivity contribution in [3.63, 3.8) is 0 Å². The van der Waals surface area contributed by atoms with Crippen molar-refractivity contribution < 1.29 is 14.7 Å². The summed E-state index contributed by atoms with van der Waals surface area (Å²) >= 11 is 0. The Bertz CT molecular complexity index is 1040. The summed E-state index contributed by atoms with van der Waals surface area (Å²) in [5, 5.41) is 23.9. The van der Waals surface area contributed by atoms with Crippen molar-refractivity contribution in [2.24, 2.45) is 5.92 Å². The van der Waals surface area contributed by atoms with E-state index in [0.717, 1.165) is 35.1 Å². The number of unbranched alkanes of at least 4 members (excludes halogenated alkanes) is 1. The molecule has 8 nitrogen and oxygen atoms in total. The number of aliphatic carboxylic acids is 1. The van der Waals surface area contributed by atoms with Gasteiger partial charge in [-0.3, -0.25) is 4.79 Å². The molecule has 0 saturated carbocycles. The van der Waals surface area contributed by atoms with Gasteiger partial charge in [-0.1, -0.05) is 75.7 Å². The van der Waals surface area contributed by atoms with Crippen LogP contribution in [0.3, 0.4) is 0 Å². The number of nitrogens with one attached hydrogen (secondary N) is 1. The van der Waals surface area contributed by atoms with Crippen LogP contribution in [0, 0.1) is 5.92 Å². The van der Waals surface area contributed by atoms with Crippen LogP contribution in [0.15, 0.2) is 48.5 Å². The number of carboxylic acid groups (broad SMARTS) is 1. The van der Waals surface area contributed by atoms with E-state index in [1.807, 2.05) is 69.3 Å². The van der Waals surface area contributed by atoms with E-state index < -0.39 is 12.0 Å². The van der Waals surface area contributed by atoms with Crippen LogP contribution in [-0.2, 0) is 16.1 Å². The normalized spacial score (nSPS) is 11.3. The molecule has 0 fully saturated rings. The molecule has 0 radical (unpaired) electrons. The maximum absolute atomic E-state index is 12.9. The van der Waals surface area contributed by atoms with Crippen molar-refractivity contribution in [3.05, 3.63) is 54.1 Å². The second-order valence-electron chi connectivity index (χ2n) is 8.14. The Morgan fingerprint density at radius 1 is 1.03 bits per heavy atom. The first-order valence-corrected chi connectivity index (χ1v) is 10.9. The number of amides is 1. The summed E-state index contributed by atoms with van der Waals surface area (Å²) in [6.45, 7) is 5.93. The third kappa shape index (κ3) is 7.73. The van der Waals surface area contributed by atoms with Crippen molar-refractivity contribution in [1.82, 2.24) is 25.5 Å². The number of carbonyl (C=O) groups is 2. The van der Waals surface area contributed by atoms with Crippen LogP contribution < -0.4 is 0 Å². The van der Waals surface area contributed by atoms with E-state index in [2.05, 4.69) is 20.6 Å². The second-order valence-corrected chi connectivity index (χ2v) is 8.14. The number of aromatic amines is 1. The van der Waals surface area contributed by atoms with Gasteiger partial charge >= 0.3 is 65.1 Å². The molecule has 3 rings (SSSR count). The van der Waals surface area contributed by atoms with E-state index in [-0.39, 0.29) is 77.5 Å². The number of hydrogen-bond donors (Lipinski definition) is 2. The van der Waals surface area contributed by atoms with Gasteiger partial charge in [0.25, 0.3) is 0 Å². The Kier molecular flexibility index (Phi) is 13.2. The molecule has 3 aromatic rings. The zero-order valence-electron chi connectivity index (χ0n) is 18.7. The topological polar surface area (TPSA) is 112 Å². The molecule has 1 aromatic heterocycles. The van der Waals surface area contributed by atoms with Gasteiger partial charge in [0.15, 0.2) is 5.82 Å². The van der Waals surface area contributed by atoms with Crippen molar-refractivity contribution in [2.75, 3.05) is 0 Å². The summed E-state index contributed by atoms with van der Waals surface area (Å²) in [4.78, 5) is 26.3.